The van der Waals surface area contributed by atoms with Gasteiger partial charge in [-0.15, -0.1) is 12.4 Å². The predicted molar refractivity (Wildman–Crippen MR) is 63.1 cm³/mol. The van der Waals surface area contributed by atoms with Crippen molar-refractivity contribution in [1.29, 1.82) is 0 Å². The van der Waals surface area contributed by atoms with Crippen molar-refractivity contribution >= 4 is 12.4 Å². The highest BCUT2D eigenvalue weighted by Crippen LogP contribution is 2.36. The molecule has 1 unspecified atom stereocenters. The van der Waals surface area contributed by atoms with Crippen molar-refractivity contribution in [3.8, 4) is 0 Å². The topological polar surface area (TPSA) is 12.0 Å². The standard InChI is InChI=1S/C12H16FN.ClH/c1-12(2)10(7-8-14-12)9-5-3-4-6-11(9)13;/h3-6,10,14H,7-8H2,1-2H3;1H. The Bertz CT molecular complexity index is 338. The van der Waals surface area contributed by atoms with Gasteiger partial charge >= 0.3 is 0 Å². The maximum absolute atomic E-state index is 13.6. The summed E-state index contributed by atoms with van der Waals surface area (Å²) in [6.07, 6.45) is 1.02. The Kier molecular flexibility index (Phi) is 3.74. The molecule has 3 heteroatoms. The van der Waals surface area contributed by atoms with Gasteiger partial charge in [0.15, 0.2) is 0 Å². The van der Waals surface area contributed by atoms with E-state index < -0.39 is 0 Å². The summed E-state index contributed by atoms with van der Waals surface area (Å²) < 4.78 is 13.6. The van der Waals surface area contributed by atoms with Crippen molar-refractivity contribution in [2.45, 2.75) is 31.7 Å². The monoisotopic (exact) mass is 229 g/mol. The molecule has 0 aromatic heterocycles. The van der Waals surface area contributed by atoms with Gasteiger partial charge < -0.3 is 5.32 Å². The van der Waals surface area contributed by atoms with Crippen LogP contribution >= 0.6 is 12.4 Å². The fourth-order valence-electron chi connectivity index (χ4n) is 2.32. The molecule has 1 N–H and O–H groups in total. The van der Waals surface area contributed by atoms with Gasteiger partial charge in [0.25, 0.3) is 0 Å². The van der Waals surface area contributed by atoms with E-state index in [9.17, 15) is 4.39 Å². The average molecular weight is 230 g/mol. The molecule has 0 aliphatic carbocycles. The molecule has 0 bridgehead atoms. The Morgan fingerprint density at radius 2 is 2.00 bits per heavy atom. The summed E-state index contributed by atoms with van der Waals surface area (Å²) in [7, 11) is 0. The molecule has 0 saturated carbocycles. The summed E-state index contributed by atoms with van der Waals surface area (Å²) in [6.45, 7) is 5.25. The van der Waals surface area contributed by atoms with Gasteiger partial charge in [-0.3, -0.25) is 0 Å². The van der Waals surface area contributed by atoms with Crippen LogP contribution < -0.4 is 5.32 Å². The van der Waals surface area contributed by atoms with Gasteiger partial charge in [0.05, 0.1) is 0 Å². The van der Waals surface area contributed by atoms with Crippen LogP contribution in [0, 0.1) is 5.82 Å². The summed E-state index contributed by atoms with van der Waals surface area (Å²) in [5.41, 5.74) is 0.866. The predicted octanol–water partition coefficient (Wildman–Crippen LogP) is 3.10. The number of benzene rings is 1. The van der Waals surface area contributed by atoms with Crippen molar-refractivity contribution in [2.75, 3.05) is 6.54 Å². The highest BCUT2D eigenvalue weighted by Gasteiger charge is 2.36. The first-order valence-electron chi connectivity index (χ1n) is 5.11. The number of nitrogens with one attached hydrogen (secondary N) is 1. The van der Waals surface area contributed by atoms with E-state index in [1.165, 1.54) is 0 Å². The van der Waals surface area contributed by atoms with Gasteiger partial charge in [-0.25, -0.2) is 4.39 Å². The van der Waals surface area contributed by atoms with Crippen molar-refractivity contribution in [2.24, 2.45) is 0 Å². The van der Waals surface area contributed by atoms with E-state index in [1.54, 1.807) is 12.1 Å². The molecule has 1 aromatic carbocycles. The van der Waals surface area contributed by atoms with E-state index in [4.69, 9.17) is 0 Å². The first kappa shape index (κ1) is 12.5. The lowest BCUT2D eigenvalue weighted by atomic mass is 9.83. The summed E-state index contributed by atoms with van der Waals surface area (Å²) in [6, 6.07) is 7.10. The summed E-state index contributed by atoms with van der Waals surface area (Å²) in [5.74, 6) is 0.220. The zero-order valence-electron chi connectivity index (χ0n) is 9.09. The lowest BCUT2D eigenvalue weighted by molar-refractivity contribution is 0.400. The molecule has 0 amide bonds. The molecule has 1 saturated heterocycles. The van der Waals surface area contributed by atoms with Crippen LogP contribution in [0.25, 0.3) is 0 Å². The Morgan fingerprint density at radius 1 is 1.33 bits per heavy atom. The minimum absolute atomic E-state index is 0. The molecule has 2 rings (SSSR count). The second kappa shape index (κ2) is 4.50. The summed E-state index contributed by atoms with van der Waals surface area (Å²) in [5, 5.41) is 3.40. The average Bonchev–Trinajstić information content (AvgIpc) is 2.46. The van der Waals surface area contributed by atoms with Gasteiger partial charge in [-0.05, 0) is 38.4 Å². The molecule has 15 heavy (non-hydrogen) atoms. The molecule has 1 nitrogen and oxygen atoms in total. The third-order valence-corrected chi connectivity index (χ3v) is 3.17. The molecule has 1 heterocycles. The van der Waals surface area contributed by atoms with E-state index >= 15 is 0 Å². The van der Waals surface area contributed by atoms with Gasteiger partial charge in [-0.2, -0.15) is 0 Å². The van der Waals surface area contributed by atoms with E-state index in [-0.39, 0.29) is 23.8 Å². The number of halogens is 2. The highest BCUT2D eigenvalue weighted by atomic mass is 35.5. The van der Waals surface area contributed by atoms with Gasteiger partial charge in [0.1, 0.15) is 5.82 Å². The Morgan fingerprint density at radius 3 is 2.53 bits per heavy atom. The Labute approximate surface area is 96.5 Å². The largest absolute Gasteiger partial charge is 0.311 e. The zero-order valence-corrected chi connectivity index (χ0v) is 9.90. The fourth-order valence-corrected chi connectivity index (χ4v) is 2.32. The van der Waals surface area contributed by atoms with Crippen molar-refractivity contribution in [3.63, 3.8) is 0 Å². The van der Waals surface area contributed by atoms with E-state index in [0.717, 1.165) is 18.5 Å². The smallest absolute Gasteiger partial charge is 0.126 e. The van der Waals surface area contributed by atoms with Crippen LogP contribution in [0.5, 0.6) is 0 Å². The van der Waals surface area contributed by atoms with E-state index in [2.05, 4.69) is 19.2 Å². The Balaban J connectivity index is 0.00000112. The van der Waals surface area contributed by atoms with Crippen LogP contribution in [0.1, 0.15) is 31.7 Å². The molecule has 1 aliphatic heterocycles. The maximum atomic E-state index is 13.6. The molecule has 0 radical (unpaired) electrons. The lowest BCUT2D eigenvalue weighted by Crippen LogP contribution is -2.37. The minimum Gasteiger partial charge on any atom is -0.311 e. The lowest BCUT2D eigenvalue weighted by Gasteiger charge is -2.27. The zero-order chi connectivity index (χ0) is 10.2. The SMILES string of the molecule is CC1(C)NCCC1c1ccccc1F.Cl. The maximum Gasteiger partial charge on any atom is 0.126 e. The first-order valence-corrected chi connectivity index (χ1v) is 5.11. The van der Waals surface area contributed by atoms with Crippen LogP contribution in [0.15, 0.2) is 24.3 Å². The Hall–Kier alpha value is -0.600. The van der Waals surface area contributed by atoms with E-state index in [1.807, 2.05) is 12.1 Å². The molecule has 1 aromatic rings. The molecule has 0 spiro atoms. The molecule has 84 valence electrons. The molecule has 1 atom stereocenters. The van der Waals surface area contributed by atoms with Crippen molar-refractivity contribution in [1.82, 2.24) is 5.32 Å². The van der Waals surface area contributed by atoms with Crippen LogP contribution in [-0.2, 0) is 0 Å². The number of hydrogen-bond acceptors (Lipinski definition) is 1. The molecule has 1 fully saturated rings. The molecule has 1 aliphatic rings. The summed E-state index contributed by atoms with van der Waals surface area (Å²) >= 11 is 0. The van der Waals surface area contributed by atoms with Crippen molar-refractivity contribution in [3.05, 3.63) is 35.6 Å². The third kappa shape index (κ3) is 2.32. The molecular weight excluding hydrogens is 213 g/mol. The van der Waals surface area contributed by atoms with Crippen LogP contribution in [0.3, 0.4) is 0 Å². The van der Waals surface area contributed by atoms with Gasteiger partial charge in [-0.1, -0.05) is 18.2 Å². The minimum atomic E-state index is -0.0747. The van der Waals surface area contributed by atoms with Crippen LogP contribution in [-0.4, -0.2) is 12.1 Å². The third-order valence-electron chi connectivity index (χ3n) is 3.17. The normalized spacial score (nSPS) is 23.5. The second-order valence-electron chi connectivity index (χ2n) is 4.51. The summed E-state index contributed by atoms with van der Waals surface area (Å²) in [4.78, 5) is 0. The van der Waals surface area contributed by atoms with Crippen molar-refractivity contribution < 1.29 is 4.39 Å². The van der Waals surface area contributed by atoms with Crippen LogP contribution in [0.4, 0.5) is 4.39 Å². The number of rotatable bonds is 1. The quantitative estimate of drug-likeness (QED) is 0.781. The van der Waals surface area contributed by atoms with Crippen LogP contribution in [0.2, 0.25) is 0 Å². The molecular formula is C12H17ClFN. The second-order valence-corrected chi connectivity index (χ2v) is 4.51. The highest BCUT2D eigenvalue weighted by molar-refractivity contribution is 5.85. The fraction of sp³-hybridized carbons (Fsp3) is 0.500. The first-order chi connectivity index (χ1) is 6.61. The number of hydrogen-bond donors (Lipinski definition) is 1. The van der Waals surface area contributed by atoms with E-state index in [0.29, 0.717) is 5.92 Å². The van der Waals surface area contributed by atoms with Gasteiger partial charge in [0, 0.05) is 11.5 Å². The van der Waals surface area contributed by atoms with Gasteiger partial charge in [0.2, 0.25) is 0 Å².